The maximum atomic E-state index is 10.0. The van der Waals surface area contributed by atoms with Gasteiger partial charge in [0.25, 0.3) is 0 Å². The largest absolute Gasteiger partial charge is 0.508 e. The van der Waals surface area contributed by atoms with Gasteiger partial charge in [-0.25, -0.2) is 9.97 Å². The zero-order valence-corrected chi connectivity index (χ0v) is 11.7. The molecule has 4 rings (SSSR count). The molecule has 0 fully saturated rings. The van der Waals surface area contributed by atoms with Gasteiger partial charge in [0.2, 0.25) is 0 Å². The van der Waals surface area contributed by atoms with E-state index in [2.05, 4.69) is 9.97 Å². The molecule has 108 valence electrons. The van der Waals surface area contributed by atoms with Crippen molar-refractivity contribution in [2.24, 2.45) is 0 Å². The van der Waals surface area contributed by atoms with Gasteiger partial charge in [-0.15, -0.1) is 0 Å². The highest BCUT2D eigenvalue weighted by Gasteiger charge is 2.16. The number of aromatic nitrogens is 3. The number of furan rings is 1. The quantitative estimate of drug-likeness (QED) is 0.628. The van der Waals surface area contributed by atoms with Crippen LogP contribution < -0.4 is 0 Å². The Morgan fingerprint density at radius 3 is 2.77 bits per heavy atom. The van der Waals surface area contributed by atoms with Crippen molar-refractivity contribution >= 4 is 11.2 Å². The number of aromatic hydroxyl groups is 1. The van der Waals surface area contributed by atoms with Crippen LogP contribution in [0.3, 0.4) is 0 Å². The molecular formula is C17H13N3O2. The molecule has 4 aromatic rings. The predicted octanol–water partition coefficient (Wildman–Crippen LogP) is 3.45. The van der Waals surface area contributed by atoms with Gasteiger partial charge in [0.15, 0.2) is 17.2 Å². The number of para-hydroxylation sites is 1. The Morgan fingerprint density at radius 2 is 1.95 bits per heavy atom. The average molecular weight is 291 g/mol. The van der Waals surface area contributed by atoms with Crippen molar-refractivity contribution in [2.75, 3.05) is 0 Å². The van der Waals surface area contributed by atoms with Crippen LogP contribution in [0.4, 0.5) is 0 Å². The summed E-state index contributed by atoms with van der Waals surface area (Å²) in [6.07, 6.45) is 3.35. The predicted molar refractivity (Wildman–Crippen MR) is 82.4 cm³/mol. The van der Waals surface area contributed by atoms with Crippen LogP contribution >= 0.6 is 0 Å². The summed E-state index contributed by atoms with van der Waals surface area (Å²) in [4.78, 5) is 9.02. The fourth-order valence-corrected chi connectivity index (χ4v) is 2.52. The Bertz CT molecular complexity index is 926. The third-order valence-corrected chi connectivity index (χ3v) is 3.57. The molecule has 1 N–H and O–H groups in total. The Labute approximate surface area is 126 Å². The van der Waals surface area contributed by atoms with Crippen molar-refractivity contribution < 1.29 is 9.52 Å². The summed E-state index contributed by atoms with van der Waals surface area (Å²) in [5, 5.41) is 10.0. The van der Waals surface area contributed by atoms with E-state index in [1.54, 1.807) is 24.6 Å². The normalized spacial score (nSPS) is 11.1. The molecule has 3 heterocycles. The number of imidazole rings is 1. The van der Waals surface area contributed by atoms with Crippen molar-refractivity contribution in [3.8, 4) is 17.3 Å². The van der Waals surface area contributed by atoms with E-state index in [-0.39, 0.29) is 5.75 Å². The standard InChI is InChI=1S/C17H13N3O2/c21-14-7-2-1-5-12(14)11-20-16-13(6-3-9-18-16)19-17(20)15-8-4-10-22-15/h1-10,21H,11H2. The van der Waals surface area contributed by atoms with Gasteiger partial charge < -0.3 is 14.1 Å². The second-order valence-corrected chi connectivity index (χ2v) is 4.97. The minimum atomic E-state index is 0.255. The Balaban J connectivity index is 1.91. The molecule has 22 heavy (non-hydrogen) atoms. The maximum absolute atomic E-state index is 10.0. The van der Waals surface area contributed by atoms with Crippen molar-refractivity contribution in [1.82, 2.24) is 14.5 Å². The Kier molecular flexibility index (Phi) is 2.89. The van der Waals surface area contributed by atoms with Crippen LogP contribution in [0.25, 0.3) is 22.7 Å². The number of phenols is 1. The van der Waals surface area contributed by atoms with Gasteiger partial charge in [0.1, 0.15) is 11.3 Å². The van der Waals surface area contributed by atoms with Crippen LogP contribution in [0.2, 0.25) is 0 Å². The molecule has 0 unspecified atom stereocenters. The van der Waals surface area contributed by atoms with Gasteiger partial charge in [-0.3, -0.25) is 0 Å². The van der Waals surface area contributed by atoms with E-state index in [0.29, 0.717) is 18.1 Å². The molecule has 0 saturated heterocycles. The number of benzene rings is 1. The van der Waals surface area contributed by atoms with Crippen molar-refractivity contribution in [2.45, 2.75) is 6.54 Å². The van der Waals surface area contributed by atoms with Crippen LogP contribution in [0, 0.1) is 0 Å². The fraction of sp³-hybridized carbons (Fsp3) is 0.0588. The second kappa shape index (κ2) is 5.04. The zero-order valence-electron chi connectivity index (χ0n) is 11.7. The van der Waals surface area contributed by atoms with Crippen molar-refractivity contribution in [1.29, 1.82) is 0 Å². The first-order chi connectivity index (χ1) is 10.8. The van der Waals surface area contributed by atoms with Crippen molar-refractivity contribution in [3.63, 3.8) is 0 Å². The number of hydrogen-bond acceptors (Lipinski definition) is 4. The highest BCUT2D eigenvalue weighted by atomic mass is 16.3. The Hall–Kier alpha value is -3.08. The van der Waals surface area contributed by atoms with Crippen LogP contribution in [-0.4, -0.2) is 19.6 Å². The molecule has 0 aliphatic rings. The third kappa shape index (κ3) is 2.03. The summed E-state index contributed by atoms with van der Waals surface area (Å²) in [5.41, 5.74) is 2.36. The number of rotatable bonds is 3. The van der Waals surface area contributed by atoms with Gasteiger partial charge in [-0.2, -0.15) is 0 Å². The van der Waals surface area contributed by atoms with Crippen LogP contribution in [0.15, 0.2) is 65.4 Å². The number of fused-ring (bicyclic) bond motifs is 1. The SMILES string of the molecule is Oc1ccccc1Cn1c(-c2ccco2)nc2cccnc21. The number of phenolic OH excluding ortho intramolecular Hbond substituents is 1. The number of hydrogen-bond donors (Lipinski definition) is 1. The molecule has 0 bridgehead atoms. The van der Waals surface area contributed by atoms with Gasteiger partial charge in [-0.05, 0) is 30.3 Å². The highest BCUT2D eigenvalue weighted by Crippen LogP contribution is 2.26. The summed E-state index contributed by atoms with van der Waals surface area (Å²) in [7, 11) is 0. The van der Waals surface area contributed by atoms with Crippen LogP contribution in [-0.2, 0) is 6.54 Å². The van der Waals surface area contributed by atoms with Gasteiger partial charge in [0, 0.05) is 11.8 Å². The molecule has 0 amide bonds. The van der Waals surface area contributed by atoms with Crippen LogP contribution in [0.5, 0.6) is 5.75 Å². The van der Waals surface area contributed by atoms with E-state index in [1.807, 2.05) is 41.0 Å². The van der Waals surface area contributed by atoms with Gasteiger partial charge in [-0.1, -0.05) is 18.2 Å². The zero-order chi connectivity index (χ0) is 14.9. The van der Waals surface area contributed by atoms with E-state index in [4.69, 9.17) is 4.42 Å². The number of pyridine rings is 1. The Morgan fingerprint density at radius 1 is 1.05 bits per heavy atom. The smallest absolute Gasteiger partial charge is 0.178 e. The molecule has 5 nitrogen and oxygen atoms in total. The molecule has 1 aromatic carbocycles. The molecule has 0 aliphatic carbocycles. The molecule has 0 radical (unpaired) electrons. The molecule has 0 aliphatic heterocycles. The van der Waals surface area contributed by atoms with E-state index < -0.39 is 0 Å². The lowest BCUT2D eigenvalue weighted by atomic mass is 10.2. The van der Waals surface area contributed by atoms with E-state index >= 15 is 0 Å². The minimum Gasteiger partial charge on any atom is -0.508 e. The van der Waals surface area contributed by atoms with Gasteiger partial charge >= 0.3 is 0 Å². The molecule has 0 saturated carbocycles. The molecule has 0 atom stereocenters. The first-order valence-corrected chi connectivity index (χ1v) is 6.95. The topological polar surface area (TPSA) is 64.1 Å². The molecule has 3 aromatic heterocycles. The second-order valence-electron chi connectivity index (χ2n) is 4.97. The summed E-state index contributed by atoms with van der Waals surface area (Å²) < 4.78 is 7.43. The fourth-order valence-electron chi connectivity index (χ4n) is 2.52. The number of nitrogens with zero attached hydrogens (tertiary/aromatic N) is 3. The lowest BCUT2D eigenvalue weighted by Crippen LogP contribution is -2.03. The van der Waals surface area contributed by atoms with E-state index in [9.17, 15) is 5.11 Å². The summed E-state index contributed by atoms with van der Waals surface area (Å²) in [5.74, 6) is 1.63. The molecular weight excluding hydrogens is 278 g/mol. The highest BCUT2D eigenvalue weighted by molar-refractivity contribution is 5.76. The van der Waals surface area contributed by atoms with E-state index in [1.165, 1.54) is 0 Å². The summed E-state index contributed by atoms with van der Waals surface area (Å²) in [6, 6.07) is 14.7. The molecule has 5 heteroatoms. The van der Waals surface area contributed by atoms with Crippen molar-refractivity contribution in [3.05, 3.63) is 66.6 Å². The minimum absolute atomic E-state index is 0.255. The molecule has 0 spiro atoms. The lowest BCUT2D eigenvalue weighted by molar-refractivity contribution is 0.466. The first-order valence-electron chi connectivity index (χ1n) is 6.95. The van der Waals surface area contributed by atoms with Gasteiger partial charge in [0.05, 0.1) is 12.8 Å². The van der Waals surface area contributed by atoms with Crippen LogP contribution in [0.1, 0.15) is 5.56 Å². The summed E-state index contributed by atoms with van der Waals surface area (Å²) >= 11 is 0. The van der Waals surface area contributed by atoms with E-state index in [0.717, 1.165) is 16.7 Å². The summed E-state index contributed by atoms with van der Waals surface area (Å²) in [6.45, 7) is 0.468. The first kappa shape index (κ1) is 12.6. The lowest BCUT2D eigenvalue weighted by Gasteiger charge is -2.08. The monoisotopic (exact) mass is 291 g/mol. The third-order valence-electron chi connectivity index (χ3n) is 3.57. The maximum Gasteiger partial charge on any atom is 0.178 e. The average Bonchev–Trinajstić information content (AvgIpc) is 3.17.